The van der Waals surface area contributed by atoms with Crippen LogP contribution in [0.15, 0.2) is 59.6 Å². The Bertz CT molecular complexity index is 1040. The number of aryl methyl sites for hydroxylation is 1. The SMILES string of the molecule is CCn1c(-c2ccccc2)c(C)sc1=NC(=O)c1ccccc1[N+](=O)[O-]. The highest BCUT2D eigenvalue weighted by Gasteiger charge is 2.19. The summed E-state index contributed by atoms with van der Waals surface area (Å²) in [7, 11) is 0. The average Bonchev–Trinajstić information content (AvgIpc) is 2.97. The monoisotopic (exact) mass is 367 g/mol. The lowest BCUT2D eigenvalue weighted by molar-refractivity contribution is -0.385. The summed E-state index contributed by atoms with van der Waals surface area (Å²) in [5.41, 5.74) is 1.81. The molecule has 0 atom stereocenters. The number of rotatable bonds is 4. The van der Waals surface area contributed by atoms with Crippen LogP contribution in [-0.2, 0) is 6.54 Å². The summed E-state index contributed by atoms with van der Waals surface area (Å²) in [4.78, 5) is 28.9. The number of nitro benzene ring substituents is 1. The average molecular weight is 367 g/mol. The standard InChI is InChI=1S/C19H17N3O3S/c1-3-21-17(14-9-5-4-6-10-14)13(2)26-19(21)20-18(23)15-11-7-8-12-16(15)22(24)25/h4-12H,3H2,1-2H3. The highest BCUT2D eigenvalue weighted by atomic mass is 32.1. The third-order valence-electron chi connectivity index (χ3n) is 3.97. The van der Waals surface area contributed by atoms with Crippen LogP contribution in [0.4, 0.5) is 5.69 Å². The molecule has 0 aliphatic heterocycles. The smallest absolute Gasteiger partial charge is 0.286 e. The second-order valence-electron chi connectivity index (χ2n) is 5.59. The number of nitro groups is 1. The molecule has 0 fully saturated rings. The number of aromatic nitrogens is 1. The van der Waals surface area contributed by atoms with E-state index in [4.69, 9.17) is 0 Å². The predicted molar refractivity (Wildman–Crippen MR) is 101 cm³/mol. The first kappa shape index (κ1) is 17.8. The van der Waals surface area contributed by atoms with Crippen molar-refractivity contribution in [1.29, 1.82) is 0 Å². The Morgan fingerprint density at radius 1 is 1.15 bits per heavy atom. The maximum atomic E-state index is 12.6. The first-order chi connectivity index (χ1) is 12.5. The molecular formula is C19H17N3O3S. The lowest BCUT2D eigenvalue weighted by atomic mass is 10.1. The topological polar surface area (TPSA) is 77.5 Å². The predicted octanol–water partition coefficient (Wildman–Crippen LogP) is 4.19. The van der Waals surface area contributed by atoms with Gasteiger partial charge in [-0.15, -0.1) is 11.3 Å². The fraction of sp³-hybridized carbons (Fsp3) is 0.158. The van der Waals surface area contributed by atoms with Gasteiger partial charge in [0.1, 0.15) is 5.56 Å². The Kier molecular flexibility index (Phi) is 5.09. The maximum absolute atomic E-state index is 12.6. The lowest BCUT2D eigenvalue weighted by Gasteiger charge is -2.07. The van der Waals surface area contributed by atoms with Gasteiger partial charge in [-0.05, 0) is 25.5 Å². The molecule has 0 radical (unpaired) electrons. The van der Waals surface area contributed by atoms with Crippen molar-refractivity contribution < 1.29 is 9.72 Å². The van der Waals surface area contributed by atoms with Crippen LogP contribution < -0.4 is 4.80 Å². The Morgan fingerprint density at radius 3 is 2.46 bits per heavy atom. The number of benzene rings is 2. The fourth-order valence-electron chi connectivity index (χ4n) is 2.82. The Hall–Kier alpha value is -3.06. The molecule has 1 heterocycles. The second kappa shape index (κ2) is 7.45. The van der Waals surface area contributed by atoms with Gasteiger partial charge >= 0.3 is 0 Å². The van der Waals surface area contributed by atoms with E-state index in [9.17, 15) is 14.9 Å². The van der Waals surface area contributed by atoms with Crippen molar-refractivity contribution in [2.75, 3.05) is 0 Å². The molecule has 0 aliphatic carbocycles. The minimum atomic E-state index is -0.611. The van der Waals surface area contributed by atoms with E-state index in [1.807, 2.05) is 48.7 Å². The van der Waals surface area contributed by atoms with Gasteiger partial charge in [0.25, 0.3) is 11.6 Å². The zero-order valence-electron chi connectivity index (χ0n) is 14.4. The number of hydrogen-bond acceptors (Lipinski definition) is 4. The number of para-hydroxylation sites is 1. The van der Waals surface area contributed by atoms with Gasteiger partial charge < -0.3 is 4.57 Å². The number of nitrogens with zero attached hydrogens (tertiary/aromatic N) is 3. The van der Waals surface area contributed by atoms with Gasteiger partial charge in [0.15, 0.2) is 4.80 Å². The van der Waals surface area contributed by atoms with Crippen molar-refractivity contribution in [3.05, 3.63) is 80.0 Å². The van der Waals surface area contributed by atoms with E-state index in [0.717, 1.165) is 16.1 Å². The number of hydrogen-bond donors (Lipinski definition) is 0. The van der Waals surface area contributed by atoms with Crippen LogP contribution in [0.1, 0.15) is 22.2 Å². The molecule has 3 rings (SSSR count). The quantitative estimate of drug-likeness (QED) is 0.512. The van der Waals surface area contributed by atoms with Gasteiger partial charge in [0.2, 0.25) is 0 Å². The van der Waals surface area contributed by atoms with E-state index in [-0.39, 0.29) is 11.3 Å². The number of amides is 1. The van der Waals surface area contributed by atoms with Gasteiger partial charge in [0.05, 0.1) is 10.6 Å². The zero-order chi connectivity index (χ0) is 18.7. The molecule has 0 spiro atoms. The molecule has 0 N–H and O–H groups in total. The number of thiazole rings is 1. The van der Waals surface area contributed by atoms with Gasteiger partial charge in [0, 0.05) is 17.5 Å². The summed E-state index contributed by atoms with van der Waals surface area (Å²) >= 11 is 1.40. The van der Waals surface area contributed by atoms with Crippen LogP contribution in [0.25, 0.3) is 11.3 Å². The fourth-order valence-corrected chi connectivity index (χ4v) is 3.88. The van der Waals surface area contributed by atoms with E-state index >= 15 is 0 Å². The summed E-state index contributed by atoms with van der Waals surface area (Å²) < 4.78 is 1.96. The molecule has 2 aromatic carbocycles. The molecule has 1 aromatic heterocycles. The van der Waals surface area contributed by atoms with Crippen molar-refractivity contribution in [1.82, 2.24) is 4.57 Å². The molecule has 132 valence electrons. The maximum Gasteiger partial charge on any atom is 0.286 e. The van der Waals surface area contributed by atoms with E-state index in [0.29, 0.717) is 11.3 Å². The Balaban J connectivity index is 2.14. The van der Waals surface area contributed by atoms with Gasteiger partial charge in [-0.1, -0.05) is 42.5 Å². The molecule has 0 bridgehead atoms. The van der Waals surface area contributed by atoms with Gasteiger partial charge in [-0.2, -0.15) is 4.99 Å². The normalized spacial score (nSPS) is 11.5. The van der Waals surface area contributed by atoms with Crippen LogP contribution in [0.5, 0.6) is 0 Å². The van der Waals surface area contributed by atoms with Crippen LogP contribution in [0.3, 0.4) is 0 Å². The highest BCUT2D eigenvalue weighted by Crippen LogP contribution is 2.25. The molecule has 0 saturated carbocycles. The third kappa shape index (κ3) is 3.34. The van der Waals surface area contributed by atoms with Crippen LogP contribution in [-0.4, -0.2) is 15.4 Å². The highest BCUT2D eigenvalue weighted by molar-refractivity contribution is 7.09. The summed E-state index contributed by atoms with van der Waals surface area (Å²) in [5.74, 6) is -0.611. The summed E-state index contributed by atoms with van der Waals surface area (Å²) in [6, 6.07) is 15.8. The summed E-state index contributed by atoms with van der Waals surface area (Å²) in [6.07, 6.45) is 0. The first-order valence-corrected chi connectivity index (χ1v) is 8.92. The molecule has 6 nitrogen and oxygen atoms in total. The van der Waals surface area contributed by atoms with Crippen molar-refractivity contribution in [2.24, 2.45) is 4.99 Å². The van der Waals surface area contributed by atoms with Crippen molar-refractivity contribution in [3.8, 4) is 11.3 Å². The zero-order valence-corrected chi connectivity index (χ0v) is 15.2. The molecule has 1 amide bonds. The number of carbonyl (C=O) groups excluding carboxylic acids is 1. The molecule has 0 aliphatic rings. The largest absolute Gasteiger partial charge is 0.316 e. The van der Waals surface area contributed by atoms with Crippen molar-refractivity contribution in [2.45, 2.75) is 20.4 Å². The summed E-state index contributed by atoms with van der Waals surface area (Å²) in [5, 5.41) is 11.2. The van der Waals surface area contributed by atoms with E-state index in [1.54, 1.807) is 6.07 Å². The van der Waals surface area contributed by atoms with Crippen molar-refractivity contribution in [3.63, 3.8) is 0 Å². The van der Waals surface area contributed by atoms with Crippen molar-refractivity contribution >= 4 is 22.9 Å². The van der Waals surface area contributed by atoms with Crippen LogP contribution in [0.2, 0.25) is 0 Å². The first-order valence-electron chi connectivity index (χ1n) is 8.11. The molecule has 0 saturated heterocycles. The molecular weight excluding hydrogens is 350 g/mol. The minimum absolute atomic E-state index is 0.00697. The van der Waals surface area contributed by atoms with E-state index in [1.165, 1.54) is 29.5 Å². The lowest BCUT2D eigenvalue weighted by Crippen LogP contribution is -2.17. The van der Waals surface area contributed by atoms with Gasteiger partial charge in [-0.3, -0.25) is 14.9 Å². The molecule has 0 unspecified atom stereocenters. The van der Waals surface area contributed by atoms with Gasteiger partial charge in [-0.25, -0.2) is 0 Å². The summed E-state index contributed by atoms with van der Waals surface area (Å²) in [6.45, 7) is 4.60. The van der Waals surface area contributed by atoms with E-state index < -0.39 is 10.8 Å². The molecule has 7 heteroatoms. The second-order valence-corrected chi connectivity index (χ2v) is 6.77. The minimum Gasteiger partial charge on any atom is -0.316 e. The number of carbonyl (C=O) groups is 1. The third-order valence-corrected chi connectivity index (χ3v) is 4.96. The Morgan fingerprint density at radius 2 is 1.81 bits per heavy atom. The van der Waals surface area contributed by atoms with Crippen LogP contribution in [0, 0.1) is 17.0 Å². The van der Waals surface area contributed by atoms with Crippen LogP contribution >= 0.6 is 11.3 Å². The Labute approximate surface area is 154 Å². The molecule has 3 aromatic rings. The molecule has 26 heavy (non-hydrogen) atoms. The van der Waals surface area contributed by atoms with E-state index in [2.05, 4.69) is 4.99 Å².